The molecule has 0 atom stereocenters. The molecular weight excluding hydrogens is 506 g/mol. The quantitative estimate of drug-likeness (QED) is 0.431. The van der Waals surface area contributed by atoms with Crippen molar-refractivity contribution in [3.8, 4) is 5.75 Å². The summed E-state index contributed by atoms with van der Waals surface area (Å²) in [6, 6.07) is 5.06. The number of fused-ring (bicyclic) bond motifs is 1. The lowest BCUT2D eigenvalue weighted by atomic mass is 10.1. The highest BCUT2D eigenvalue weighted by Gasteiger charge is 2.28. The number of piperazine rings is 1. The zero-order valence-electron chi connectivity index (χ0n) is 20.8. The lowest BCUT2D eigenvalue weighted by molar-refractivity contribution is 0.222. The van der Waals surface area contributed by atoms with Crippen LogP contribution >= 0.6 is 11.6 Å². The van der Waals surface area contributed by atoms with E-state index in [2.05, 4.69) is 14.9 Å². The van der Waals surface area contributed by atoms with Gasteiger partial charge in [-0.05, 0) is 56.5 Å². The summed E-state index contributed by atoms with van der Waals surface area (Å²) in [5, 5.41) is 0.314. The fourth-order valence-electron chi connectivity index (χ4n) is 4.33. The monoisotopic (exact) mass is 537 g/mol. The summed E-state index contributed by atoms with van der Waals surface area (Å²) in [7, 11) is -0.225. The van der Waals surface area contributed by atoms with Crippen LogP contribution in [0.25, 0.3) is 11.0 Å². The summed E-state index contributed by atoms with van der Waals surface area (Å²) < 4.78 is 35.0. The highest BCUT2D eigenvalue weighted by Crippen LogP contribution is 2.29. The Morgan fingerprint density at radius 2 is 1.75 bits per heavy atom. The molecule has 196 valence electrons. The zero-order valence-corrected chi connectivity index (χ0v) is 22.3. The maximum Gasteiger partial charge on any atom is 0.328 e. The summed E-state index contributed by atoms with van der Waals surface area (Å²) in [6.45, 7) is 4.86. The molecule has 0 amide bonds. The summed E-state index contributed by atoms with van der Waals surface area (Å²) in [5.41, 5.74) is 1.02. The molecule has 0 bridgehead atoms. The van der Waals surface area contributed by atoms with Crippen LogP contribution in [-0.4, -0.2) is 72.0 Å². The molecular formula is C24H32ClN5O5S. The Bertz CT molecular complexity index is 1470. The SMILES string of the molecule is CCCOc1ccc(S(=O)(=O)N2CCN(C)CC2)cc1CCCc1[nH]c2c(=O)n(C)c(=O)[nH]c2c1Cl. The van der Waals surface area contributed by atoms with Crippen LogP contribution in [0.3, 0.4) is 0 Å². The Kier molecular flexibility index (Phi) is 7.93. The predicted octanol–water partition coefficient (Wildman–Crippen LogP) is 2.11. The van der Waals surface area contributed by atoms with E-state index >= 15 is 0 Å². The first-order valence-corrected chi connectivity index (χ1v) is 13.9. The molecule has 10 nitrogen and oxygen atoms in total. The largest absolute Gasteiger partial charge is 0.493 e. The summed E-state index contributed by atoms with van der Waals surface area (Å²) in [5.74, 6) is 0.662. The molecule has 12 heteroatoms. The third-order valence-electron chi connectivity index (χ3n) is 6.53. The number of halogens is 1. The van der Waals surface area contributed by atoms with Crippen LogP contribution < -0.4 is 16.0 Å². The number of nitrogens with zero attached hydrogens (tertiary/aromatic N) is 3. The Balaban J connectivity index is 1.56. The number of hydrogen-bond donors (Lipinski definition) is 2. The van der Waals surface area contributed by atoms with E-state index in [1.807, 2.05) is 14.0 Å². The molecule has 1 fully saturated rings. The van der Waals surface area contributed by atoms with Gasteiger partial charge in [-0.3, -0.25) is 9.36 Å². The standard InChI is InChI=1S/C24H32ClN5O5S/c1-4-14-35-19-9-8-17(36(33,34)30-12-10-28(2)11-13-30)15-16(19)6-5-7-18-20(25)21-22(26-18)23(31)29(3)24(32)27-21/h8-9,15,26H,4-7,10-14H2,1-3H3,(H,27,32). The Labute approximate surface area is 214 Å². The first kappa shape index (κ1) is 26.5. The molecule has 1 aromatic carbocycles. The maximum absolute atomic E-state index is 13.3. The topological polar surface area (TPSA) is 120 Å². The van der Waals surface area contributed by atoms with E-state index in [1.165, 1.54) is 11.4 Å². The Morgan fingerprint density at radius 3 is 2.44 bits per heavy atom. The second kappa shape index (κ2) is 10.8. The summed E-state index contributed by atoms with van der Waals surface area (Å²) >= 11 is 6.45. The summed E-state index contributed by atoms with van der Waals surface area (Å²) in [4.78, 5) is 32.4. The van der Waals surface area contributed by atoms with E-state index < -0.39 is 21.3 Å². The van der Waals surface area contributed by atoms with Crippen molar-refractivity contribution in [1.29, 1.82) is 0 Å². The van der Waals surface area contributed by atoms with Crippen molar-refractivity contribution in [2.24, 2.45) is 7.05 Å². The number of ether oxygens (including phenoxy) is 1. The fourth-order valence-corrected chi connectivity index (χ4v) is 6.08. The van der Waals surface area contributed by atoms with Gasteiger partial charge in [-0.1, -0.05) is 18.5 Å². The van der Waals surface area contributed by atoms with E-state index in [4.69, 9.17) is 16.3 Å². The van der Waals surface area contributed by atoms with Crippen molar-refractivity contribution < 1.29 is 13.2 Å². The molecule has 0 aliphatic carbocycles. The second-order valence-electron chi connectivity index (χ2n) is 9.14. The predicted molar refractivity (Wildman–Crippen MR) is 140 cm³/mol. The van der Waals surface area contributed by atoms with Gasteiger partial charge < -0.3 is 19.6 Å². The van der Waals surface area contributed by atoms with Crippen LogP contribution in [0.1, 0.15) is 31.0 Å². The minimum atomic E-state index is -3.61. The average Bonchev–Trinajstić information content (AvgIpc) is 3.17. The number of likely N-dealkylation sites (N-methyl/N-ethyl adjacent to an activating group) is 1. The number of nitrogens with one attached hydrogen (secondary N) is 2. The van der Waals surface area contributed by atoms with Crippen LogP contribution in [0.15, 0.2) is 32.7 Å². The second-order valence-corrected chi connectivity index (χ2v) is 11.5. The number of sulfonamides is 1. The van der Waals surface area contributed by atoms with Crippen molar-refractivity contribution >= 4 is 32.7 Å². The molecule has 0 unspecified atom stereocenters. The van der Waals surface area contributed by atoms with Crippen LogP contribution in [0, 0.1) is 0 Å². The number of hydrogen-bond acceptors (Lipinski definition) is 6. The molecule has 2 aromatic heterocycles. The fraction of sp³-hybridized carbons (Fsp3) is 0.500. The summed E-state index contributed by atoms with van der Waals surface area (Å²) in [6.07, 6.45) is 2.50. The molecule has 1 aliphatic heterocycles. The first-order chi connectivity index (χ1) is 17.1. The van der Waals surface area contributed by atoms with Crippen molar-refractivity contribution in [3.63, 3.8) is 0 Å². The van der Waals surface area contributed by atoms with Crippen LogP contribution in [0.2, 0.25) is 5.02 Å². The smallest absolute Gasteiger partial charge is 0.328 e. The van der Waals surface area contributed by atoms with E-state index in [0.29, 0.717) is 74.0 Å². The third kappa shape index (κ3) is 5.24. The highest BCUT2D eigenvalue weighted by atomic mass is 35.5. The van der Waals surface area contributed by atoms with Crippen molar-refractivity contribution in [2.75, 3.05) is 39.8 Å². The zero-order chi connectivity index (χ0) is 26.0. The molecule has 3 heterocycles. The van der Waals surface area contributed by atoms with Crippen molar-refractivity contribution in [2.45, 2.75) is 37.5 Å². The average molecular weight is 538 g/mol. The lowest BCUT2D eigenvalue weighted by Gasteiger charge is -2.31. The molecule has 0 spiro atoms. The van der Waals surface area contributed by atoms with Gasteiger partial charge >= 0.3 is 5.69 Å². The van der Waals surface area contributed by atoms with Gasteiger partial charge in [0, 0.05) is 38.9 Å². The van der Waals surface area contributed by atoms with Gasteiger partial charge in [0.1, 0.15) is 11.3 Å². The maximum atomic E-state index is 13.3. The minimum Gasteiger partial charge on any atom is -0.493 e. The highest BCUT2D eigenvalue weighted by molar-refractivity contribution is 7.89. The van der Waals surface area contributed by atoms with Crippen molar-refractivity contribution in [3.05, 3.63) is 55.3 Å². The molecule has 1 saturated heterocycles. The number of H-pyrrole nitrogens is 2. The van der Waals surface area contributed by atoms with Crippen LogP contribution in [0.4, 0.5) is 0 Å². The molecule has 0 saturated carbocycles. The number of aromatic nitrogens is 3. The van der Waals surface area contributed by atoms with Gasteiger partial charge in [0.15, 0.2) is 0 Å². The van der Waals surface area contributed by atoms with Gasteiger partial charge in [-0.15, -0.1) is 0 Å². The van der Waals surface area contributed by atoms with Gasteiger partial charge in [-0.2, -0.15) is 4.31 Å². The van der Waals surface area contributed by atoms with E-state index in [1.54, 1.807) is 18.2 Å². The lowest BCUT2D eigenvalue weighted by Crippen LogP contribution is -2.47. The van der Waals surface area contributed by atoms with Crippen LogP contribution in [0.5, 0.6) is 5.75 Å². The molecule has 3 aromatic rings. The van der Waals surface area contributed by atoms with E-state index in [-0.39, 0.29) is 10.4 Å². The molecule has 2 N–H and O–H groups in total. The number of rotatable bonds is 9. The normalized spacial score (nSPS) is 15.6. The molecule has 1 aliphatic rings. The van der Waals surface area contributed by atoms with Gasteiger partial charge in [0.25, 0.3) is 5.56 Å². The Morgan fingerprint density at radius 1 is 1.03 bits per heavy atom. The number of aryl methyl sites for hydroxylation is 2. The number of aromatic amines is 2. The first-order valence-electron chi connectivity index (χ1n) is 12.1. The van der Waals surface area contributed by atoms with Crippen molar-refractivity contribution in [1.82, 2.24) is 23.7 Å². The molecule has 0 radical (unpaired) electrons. The third-order valence-corrected chi connectivity index (χ3v) is 8.84. The van der Waals surface area contributed by atoms with Gasteiger partial charge in [0.2, 0.25) is 10.0 Å². The Hall–Kier alpha value is -2.60. The van der Waals surface area contributed by atoms with Crippen LogP contribution in [-0.2, 0) is 29.9 Å². The van der Waals surface area contributed by atoms with Gasteiger partial charge in [-0.25, -0.2) is 13.2 Å². The molecule has 4 rings (SSSR count). The number of benzene rings is 1. The van der Waals surface area contributed by atoms with E-state index in [0.717, 1.165) is 16.6 Å². The minimum absolute atomic E-state index is 0.254. The van der Waals surface area contributed by atoms with E-state index in [9.17, 15) is 18.0 Å². The van der Waals surface area contributed by atoms with Gasteiger partial charge in [0.05, 0.1) is 22.0 Å². The molecule has 36 heavy (non-hydrogen) atoms.